The van der Waals surface area contributed by atoms with E-state index in [1.54, 1.807) is 6.20 Å². The van der Waals surface area contributed by atoms with Gasteiger partial charge in [-0.1, -0.05) is 22.9 Å². The summed E-state index contributed by atoms with van der Waals surface area (Å²) >= 11 is 3.56. The predicted molar refractivity (Wildman–Crippen MR) is 85.3 cm³/mol. The molecule has 0 aliphatic rings. The number of benzene rings is 1. The van der Waals surface area contributed by atoms with Gasteiger partial charge in [0, 0.05) is 23.3 Å². The van der Waals surface area contributed by atoms with E-state index in [4.69, 9.17) is 4.74 Å². The Morgan fingerprint density at radius 1 is 1.20 bits per heavy atom. The second-order valence-corrected chi connectivity index (χ2v) is 5.55. The molecule has 3 nitrogen and oxygen atoms in total. The topological polar surface area (TPSA) is 34.2 Å². The SMILES string of the molecule is CCNCc1ccnc(Oc2cc(C)c(Br)c(C)c2)c1. The maximum absolute atomic E-state index is 5.86. The van der Waals surface area contributed by atoms with E-state index in [2.05, 4.69) is 47.0 Å². The van der Waals surface area contributed by atoms with Crippen molar-refractivity contribution in [3.8, 4) is 11.6 Å². The van der Waals surface area contributed by atoms with Crippen molar-refractivity contribution < 1.29 is 4.74 Å². The van der Waals surface area contributed by atoms with Crippen LogP contribution in [0.15, 0.2) is 34.9 Å². The molecule has 0 unspecified atom stereocenters. The number of nitrogens with zero attached hydrogens (tertiary/aromatic N) is 1. The molecule has 0 saturated heterocycles. The van der Waals surface area contributed by atoms with Gasteiger partial charge in [0.2, 0.25) is 5.88 Å². The molecular weight excluding hydrogens is 316 g/mol. The molecule has 20 heavy (non-hydrogen) atoms. The zero-order valence-corrected chi connectivity index (χ0v) is 13.6. The first kappa shape index (κ1) is 15.0. The molecule has 2 rings (SSSR count). The third kappa shape index (κ3) is 3.81. The second-order valence-electron chi connectivity index (χ2n) is 4.76. The van der Waals surface area contributed by atoms with Gasteiger partial charge in [0.05, 0.1) is 0 Å². The van der Waals surface area contributed by atoms with Crippen LogP contribution in [0.5, 0.6) is 11.6 Å². The van der Waals surface area contributed by atoms with Crippen LogP contribution in [-0.2, 0) is 6.54 Å². The van der Waals surface area contributed by atoms with E-state index in [0.29, 0.717) is 5.88 Å². The normalized spacial score (nSPS) is 10.6. The number of ether oxygens (including phenoxy) is 1. The average Bonchev–Trinajstić information content (AvgIpc) is 2.43. The van der Waals surface area contributed by atoms with E-state index in [1.165, 1.54) is 5.56 Å². The second kappa shape index (κ2) is 6.86. The third-order valence-corrected chi connectivity index (χ3v) is 4.26. The number of halogens is 1. The first-order chi connectivity index (χ1) is 9.60. The van der Waals surface area contributed by atoms with Gasteiger partial charge in [-0.2, -0.15) is 0 Å². The van der Waals surface area contributed by atoms with Gasteiger partial charge < -0.3 is 10.1 Å². The fourth-order valence-electron chi connectivity index (χ4n) is 1.97. The Hall–Kier alpha value is -1.39. The minimum Gasteiger partial charge on any atom is -0.439 e. The molecule has 0 atom stereocenters. The summed E-state index contributed by atoms with van der Waals surface area (Å²) in [4.78, 5) is 4.26. The van der Waals surface area contributed by atoms with Crippen LogP contribution in [0.1, 0.15) is 23.6 Å². The highest BCUT2D eigenvalue weighted by Gasteiger charge is 2.05. The summed E-state index contributed by atoms with van der Waals surface area (Å²) in [5.41, 5.74) is 3.48. The Morgan fingerprint density at radius 2 is 1.90 bits per heavy atom. The molecule has 106 valence electrons. The maximum atomic E-state index is 5.86. The molecule has 1 N–H and O–H groups in total. The molecule has 0 saturated carbocycles. The third-order valence-electron chi connectivity index (χ3n) is 3.01. The highest BCUT2D eigenvalue weighted by atomic mass is 79.9. The van der Waals surface area contributed by atoms with Crippen LogP contribution in [-0.4, -0.2) is 11.5 Å². The van der Waals surface area contributed by atoms with Crippen molar-refractivity contribution >= 4 is 15.9 Å². The number of aryl methyl sites for hydroxylation is 2. The van der Waals surface area contributed by atoms with Crippen LogP contribution in [0.3, 0.4) is 0 Å². The van der Waals surface area contributed by atoms with Gasteiger partial charge in [0.15, 0.2) is 0 Å². The van der Waals surface area contributed by atoms with E-state index < -0.39 is 0 Å². The Morgan fingerprint density at radius 3 is 2.55 bits per heavy atom. The summed E-state index contributed by atoms with van der Waals surface area (Å²) in [5, 5.41) is 3.29. The molecule has 2 aromatic rings. The van der Waals surface area contributed by atoms with Crippen molar-refractivity contribution in [3.63, 3.8) is 0 Å². The number of hydrogen-bond acceptors (Lipinski definition) is 3. The van der Waals surface area contributed by atoms with Crippen molar-refractivity contribution in [2.24, 2.45) is 0 Å². The van der Waals surface area contributed by atoms with E-state index in [0.717, 1.165) is 34.4 Å². The van der Waals surface area contributed by atoms with Gasteiger partial charge in [-0.05, 0) is 55.3 Å². The van der Waals surface area contributed by atoms with E-state index in [9.17, 15) is 0 Å². The standard InChI is InChI=1S/C16H19BrN2O/c1-4-18-10-13-5-6-19-15(9-13)20-14-7-11(2)16(17)12(3)8-14/h5-9,18H,4,10H2,1-3H3. The summed E-state index contributed by atoms with van der Waals surface area (Å²) < 4.78 is 6.98. The molecule has 0 aliphatic carbocycles. The molecule has 0 spiro atoms. The molecule has 1 aromatic heterocycles. The Kier molecular flexibility index (Phi) is 5.15. The largest absolute Gasteiger partial charge is 0.439 e. The van der Waals surface area contributed by atoms with Gasteiger partial charge in [-0.3, -0.25) is 0 Å². The summed E-state index contributed by atoms with van der Waals surface area (Å²) in [6.07, 6.45) is 1.78. The highest BCUT2D eigenvalue weighted by molar-refractivity contribution is 9.10. The van der Waals surface area contributed by atoms with Gasteiger partial charge in [-0.25, -0.2) is 4.98 Å². The Bertz CT molecular complexity index is 576. The lowest BCUT2D eigenvalue weighted by Gasteiger charge is -2.10. The van der Waals surface area contributed by atoms with Gasteiger partial charge in [0.1, 0.15) is 5.75 Å². The molecular formula is C16H19BrN2O. The number of rotatable bonds is 5. The van der Waals surface area contributed by atoms with E-state index in [-0.39, 0.29) is 0 Å². The maximum Gasteiger partial charge on any atom is 0.219 e. The average molecular weight is 335 g/mol. The molecule has 0 amide bonds. The first-order valence-corrected chi connectivity index (χ1v) is 7.49. The van der Waals surface area contributed by atoms with Crippen LogP contribution < -0.4 is 10.1 Å². The van der Waals surface area contributed by atoms with Crippen LogP contribution in [0.4, 0.5) is 0 Å². The molecule has 1 aromatic carbocycles. The van der Waals surface area contributed by atoms with Crippen molar-refractivity contribution in [1.82, 2.24) is 10.3 Å². The molecule has 4 heteroatoms. The predicted octanol–water partition coefficient (Wildman–Crippen LogP) is 4.36. The van der Waals surface area contributed by atoms with Crippen LogP contribution >= 0.6 is 15.9 Å². The summed E-state index contributed by atoms with van der Waals surface area (Å²) in [5.74, 6) is 1.44. The van der Waals surface area contributed by atoms with Gasteiger partial charge >= 0.3 is 0 Å². The molecule has 1 heterocycles. The van der Waals surface area contributed by atoms with Crippen molar-refractivity contribution in [3.05, 3.63) is 51.6 Å². The lowest BCUT2D eigenvalue weighted by Crippen LogP contribution is -2.11. The fourth-order valence-corrected chi connectivity index (χ4v) is 2.20. The zero-order chi connectivity index (χ0) is 14.5. The lowest BCUT2D eigenvalue weighted by molar-refractivity contribution is 0.461. The molecule has 0 radical (unpaired) electrons. The highest BCUT2D eigenvalue weighted by Crippen LogP contribution is 2.28. The minimum absolute atomic E-state index is 0.626. The number of hydrogen-bond donors (Lipinski definition) is 1. The summed E-state index contributed by atoms with van der Waals surface area (Å²) in [7, 11) is 0. The van der Waals surface area contributed by atoms with Crippen molar-refractivity contribution in [2.45, 2.75) is 27.3 Å². The minimum atomic E-state index is 0.626. The number of pyridine rings is 1. The van der Waals surface area contributed by atoms with Crippen LogP contribution in [0, 0.1) is 13.8 Å². The quantitative estimate of drug-likeness (QED) is 0.881. The summed E-state index contributed by atoms with van der Waals surface area (Å²) in [6, 6.07) is 7.98. The van der Waals surface area contributed by atoms with Crippen molar-refractivity contribution in [1.29, 1.82) is 0 Å². The van der Waals surface area contributed by atoms with Gasteiger partial charge in [0.25, 0.3) is 0 Å². The van der Waals surface area contributed by atoms with Gasteiger partial charge in [-0.15, -0.1) is 0 Å². The summed E-state index contributed by atoms with van der Waals surface area (Å²) in [6.45, 7) is 7.97. The van der Waals surface area contributed by atoms with Crippen molar-refractivity contribution in [2.75, 3.05) is 6.54 Å². The molecule has 0 fully saturated rings. The molecule has 0 bridgehead atoms. The lowest BCUT2D eigenvalue weighted by atomic mass is 10.1. The fraction of sp³-hybridized carbons (Fsp3) is 0.312. The van der Waals surface area contributed by atoms with E-state index in [1.807, 2.05) is 24.3 Å². The van der Waals surface area contributed by atoms with Crippen LogP contribution in [0.25, 0.3) is 0 Å². The smallest absolute Gasteiger partial charge is 0.219 e. The zero-order valence-electron chi connectivity index (χ0n) is 12.0. The number of nitrogens with one attached hydrogen (secondary N) is 1. The monoisotopic (exact) mass is 334 g/mol. The Balaban J connectivity index is 2.17. The Labute approximate surface area is 128 Å². The molecule has 0 aliphatic heterocycles. The first-order valence-electron chi connectivity index (χ1n) is 6.70. The number of aromatic nitrogens is 1. The van der Waals surface area contributed by atoms with E-state index >= 15 is 0 Å². The van der Waals surface area contributed by atoms with Crippen LogP contribution in [0.2, 0.25) is 0 Å².